The first kappa shape index (κ1) is 17.9. The maximum atomic E-state index is 13.9. The van der Waals surface area contributed by atoms with Crippen LogP contribution in [0, 0.1) is 25.5 Å². The zero-order valence-electron chi connectivity index (χ0n) is 14.4. The van der Waals surface area contributed by atoms with Crippen LogP contribution in [0.1, 0.15) is 32.2 Å². The van der Waals surface area contributed by atoms with Crippen molar-refractivity contribution >= 4 is 11.8 Å². The molecule has 3 rings (SSSR count). The van der Waals surface area contributed by atoms with E-state index in [-0.39, 0.29) is 32.1 Å². The Morgan fingerprint density at radius 1 is 1.00 bits per heavy atom. The van der Waals surface area contributed by atoms with Gasteiger partial charge in [0.15, 0.2) is 0 Å². The van der Waals surface area contributed by atoms with Crippen LogP contribution in [0.3, 0.4) is 0 Å². The van der Waals surface area contributed by atoms with Crippen LogP contribution in [-0.2, 0) is 0 Å². The van der Waals surface area contributed by atoms with Crippen molar-refractivity contribution in [3.63, 3.8) is 0 Å². The van der Waals surface area contributed by atoms with Crippen LogP contribution < -0.4 is 0 Å². The molecule has 0 atom stereocenters. The molecule has 2 amide bonds. The van der Waals surface area contributed by atoms with Gasteiger partial charge in [-0.3, -0.25) is 9.59 Å². The van der Waals surface area contributed by atoms with Gasteiger partial charge in [0.05, 0.1) is 5.56 Å². The predicted octanol–water partition coefficient (Wildman–Crippen LogP) is 2.48. The molecular weight excluding hydrogens is 346 g/mol. The number of furan rings is 1. The van der Waals surface area contributed by atoms with Crippen molar-refractivity contribution in [3.05, 3.63) is 52.5 Å². The molecule has 0 unspecified atom stereocenters. The van der Waals surface area contributed by atoms with Crippen molar-refractivity contribution in [3.8, 4) is 5.75 Å². The number of nitrogens with zero attached hydrogens (tertiary/aromatic N) is 2. The molecule has 2 heterocycles. The average Bonchev–Trinajstić information content (AvgIpc) is 2.91. The number of piperazine rings is 1. The lowest BCUT2D eigenvalue weighted by atomic mass is 10.1. The molecular formula is C18H18F2N2O4. The van der Waals surface area contributed by atoms with Gasteiger partial charge in [0.25, 0.3) is 11.8 Å². The minimum atomic E-state index is -1.12. The number of aryl methyl sites for hydroxylation is 2. The summed E-state index contributed by atoms with van der Waals surface area (Å²) in [7, 11) is 0. The molecule has 0 bridgehead atoms. The Kier molecular flexibility index (Phi) is 4.67. The Bertz CT molecular complexity index is 847. The van der Waals surface area contributed by atoms with E-state index in [1.807, 2.05) is 0 Å². The normalized spacial score (nSPS) is 14.6. The Hall–Kier alpha value is -2.90. The summed E-state index contributed by atoms with van der Waals surface area (Å²) in [5.74, 6) is -2.57. The average molecular weight is 364 g/mol. The highest BCUT2D eigenvalue weighted by molar-refractivity contribution is 5.98. The van der Waals surface area contributed by atoms with Gasteiger partial charge in [0.1, 0.15) is 34.5 Å². The molecule has 6 nitrogen and oxygen atoms in total. The van der Waals surface area contributed by atoms with Gasteiger partial charge < -0.3 is 19.3 Å². The van der Waals surface area contributed by atoms with Crippen LogP contribution in [0.25, 0.3) is 0 Å². The number of hydrogen-bond acceptors (Lipinski definition) is 4. The second-order valence-corrected chi connectivity index (χ2v) is 6.19. The Morgan fingerprint density at radius 3 is 2.08 bits per heavy atom. The number of phenolic OH excluding ortho intramolecular Hbond substituents is 1. The van der Waals surface area contributed by atoms with Crippen LogP contribution in [0.15, 0.2) is 22.6 Å². The molecule has 1 fully saturated rings. The molecule has 0 radical (unpaired) electrons. The lowest BCUT2D eigenvalue weighted by molar-refractivity contribution is 0.0529. The first-order valence-corrected chi connectivity index (χ1v) is 8.11. The fraction of sp³-hybridized carbons (Fsp3) is 0.333. The molecule has 2 aromatic rings. The van der Waals surface area contributed by atoms with E-state index in [4.69, 9.17) is 4.42 Å². The van der Waals surface area contributed by atoms with Gasteiger partial charge in [-0.15, -0.1) is 0 Å². The van der Waals surface area contributed by atoms with Crippen molar-refractivity contribution in [2.75, 3.05) is 26.2 Å². The molecule has 1 aromatic heterocycles. The van der Waals surface area contributed by atoms with Crippen molar-refractivity contribution in [2.24, 2.45) is 0 Å². The zero-order chi connectivity index (χ0) is 19.0. The molecule has 8 heteroatoms. The summed E-state index contributed by atoms with van der Waals surface area (Å²) >= 11 is 0. The van der Waals surface area contributed by atoms with Crippen LogP contribution in [-0.4, -0.2) is 52.9 Å². The number of amides is 2. The Labute approximate surface area is 148 Å². The Morgan fingerprint density at radius 2 is 1.58 bits per heavy atom. The molecule has 1 saturated heterocycles. The van der Waals surface area contributed by atoms with Gasteiger partial charge in [0, 0.05) is 38.3 Å². The summed E-state index contributed by atoms with van der Waals surface area (Å²) < 4.78 is 32.3. The number of benzene rings is 1. The number of halogens is 2. The number of carbonyl (C=O) groups is 2. The highest BCUT2D eigenvalue weighted by Crippen LogP contribution is 2.24. The van der Waals surface area contributed by atoms with Crippen molar-refractivity contribution in [2.45, 2.75) is 13.8 Å². The number of carbonyl (C=O) groups excluding carboxylic acids is 2. The highest BCUT2D eigenvalue weighted by Gasteiger charge is 2.29. The number of hydrogen-bond donors (Lipinski definition) is 1. The van der Waals surface area contributed by atoms with Crippen LogP contribution in [0.2, 0.25) is 0 Å². The maximum absolute atomic E-state index is 13.9. The van der Waals surface area contributed by atoms with E-state index in [0.717, 1.165) is 0 Å². The number of rotatable bonds is 2. The summed E-state index contributed by atoms with van der Waals surface area (Å²) in [6, 6.07) is 2.91. The Balaban J connectivity index is 1.70. The highest BCUT2D eigenvalue weighted by atomic mass is 19.1. The standard InChI is InChI=1S/C18H18F2N2O4/c1-10-7-13(11(2)26-10)17(24)21-3-5-22(6-4-21)18(25)16-14(20)8-12(19)9-15(16)23/h7-9,23H,3-6H2,1-2H3. The van der Waals surface area contributed by atoms with E-state index in [2.05, 4.69) is 0 Å². The molecule has 1 aliphatic heterocycles. The van der Waals surface area contributed by atoms with Crippen LogP contribution in [0.5, 0.6) is 5.75 Å². The minimum Gasteiger partial charge on any atom is -0.507 e. The maximum Gasteiger partial charge on any atom is 0.260 e. The molecule has 26 heavy (non-hydrogen) atoms. The monoisotopic (exact) mass is 364 g/mol. The molecule has 0 spiro atoms. The van der Waals surface area contributed by atoms with E-state index in [1.54, 1.807) is 24.8 Å². The second kappa shape index (κ2) is 6.78. The lowest BCUT2D eigenvalue weighted by Crippen LogP contribution is -2.50. The first-order valence-electron chi connectivity index (χ1n) is 8.11. The molecule has 1 aromatic carbocycles. The topological polar surface area (TPSA) is 74.0 Å². The molecule has 1 aliphatic rings. The second-order valence-electron chi connectivity index (χ2n) is 6.19. The van der Waals surface area contributed by atoms with Gasteiger partial charge in [-0.2, -0.15) is 0 Å². The van der Waals surface area contributed by atoms with E-state index in [0.29, 0.717) is 29.2 Å². The number of phenols is 1. The number of aromatic hydroxyl groups is 1. The van der Waals surface area contributed by atoms with Crippen LogP contribution >= 0.6 is 0 Å². The van der Waals surface area contributed by atoms with Gasteiger partial charge in [-0.25, -0.2) is 8.78 Å². The fourth-order valence-corrected chi connectivity index (χ4v) is 3.06. The summed E-state index contributed by atoms with van der Waals surface area (Å²) in [6.07, 6.45) is 0. The SMILES string of the molecule is Cc1cc(C(=O)N2CCN(C(=O)c3c(O)cc(F)cc3F)CC2)c(C)o1. The van der Waals surface area contributed by atoms with Crippen molar-refractivity contribution in [1.82, 2.24) is 9.80 Å². The summed E-state index contributed by atoms with van der Waals surface area (Å²) in [5, 5.41) is 9.69. The quantitative estimate of drug-likeness (QED) is 0.889. The van der Waals surface area contributed by atoms with Gasteiger partial charge in [-0.1, -0.05) is 0 Å². The third kappa shape index (κ3) is 3.26. The van der Waals surface area contributed by atoms with Gasteiger partial charge in [-0.05, 0) is 19.9 Å². The van der Waals surface area contributed by atoms with E-state index in [1.165, 1.54) is 4.90 Å². The van der Waals surface area contributed by atoms with Crippen molar-refractivity contribution < 1.29 is 27.9 Å². The zero-order valence-corrected chi connectivity index (χ0v) is 14.4. The van der Waals surface area contributed by atoms with Gasteiger partial charge >= 0.3 is 0 Å². The van der Waals surface area contributed by atoms with E-state index < -0.39 is 28.9 Å². The van der Waals surface area contributed by atoms with E-state index >= 15 is 0 Å². The van der Waals surface area contributed by atoms with Crippen molar-refractivity contribution in [1.29, 1.82) is 0 Å². The first-order chi connectivity index (χ1) is 12.3. The fourth-order valence-electron chi connectivity index (χ4n) is 3.06. The smallest absolute Gasteiger partial charge is 0.260 e. The minimum absolute atomic E-state index is 0.177. The molecule has 138 valence electrons. The predicted molar refractivity (Wildman–Crippen MR) is 88.0 cm³/mol. The third-order valence-corrected chi connectivity index (χ3v) is 4.37. The summed E-state index contributed by atoms with van der Waals surface area (Å²) in [5.41, 5.74) is -0.0861. The lowest BCUT2D eigenvalue weighted by Gasteiger charge is -2.34. The van der Waals surface area contributed by atoms with Crippen LogP contribution in [0.4, 0.5) is 8.78 Å². The van der Waals surface area contributed by atoms with Gasteiger partial charge in [0.2, 0.25) is 0 Å². The summed E-state index contributed by atoms with van der Waals surface area (Å²) in [6.45, 7) is 4.34. The molecule has 0 aliphatic carbocycles. The third-order valence-electron chi connectivity index (χ3n) is 4.37. The van der Waals surface area contributed by atoms with E-state index in [9.17, 15) is 23.5 Å². The largest absolute Gasteiger partial charge is 0.507 e. The molecule has 0 saturated carbocycles. The summed E-state index contributed by atoms with van der Waals surface area (Å²) in [4.78, 5) is 27.9. The molecule has 1 N–H and O–H groups in total.